The molecule has 0 atom stereocenters. The highest BCUT2D eigenvalue weighted by atomic mass is 19.2. The topological polar surface area (TPSA) is 0 Å². The lowest BCUT2D eigenvalue weighted by atomic mass is 10.3. The summed E-state index contributed by atoms with van der Waals surface area (Å²) in [6.45, 7) is 6.28. The molecule has 2 heteroatoms. The Bertz CT molecular complexity index is 221. The van der Waals surface area contributed by atoms with E-state index in [1.54, 1.807) is 0 Å². The van der Waals surface area contributed by atoms with E-state index in [1.807, 2.05) is 13.8 Å². The SMILES string of the molecule is CC.CC1CC1.Fc1ccccc1F. The minimum atomic E-state index is -0.799. The summed E-state index contributed by atoms with van der Waals surface area (Å²) in [5.74, 6) is -0.514. The Morgan fingerprint density at radius 2 is 1.29 bits per heavy atom. The zero-order valence-corrected chi connectivity index (χ0v) is 9.06. The van der Waals surface area contributed by atoms with Crippen molar-refractivity contribution in [3.05, 3.63) is 35.9 Å². The van der Waals surface area contributed by atoms with Crippen molar-refractivity contribution >= 4 is 0 Å². The first-order valence-corrected chi connectivity index (χ1v) is 5.10. The van der Waals surface area contributed by atoms with Crippen LogP contribution < -0.4 is 0 Å². The van der Waals surface area contributed by atoms with Crippen LogP contribution in [0.15, 0.2) is 24.3 Å². The Balaban J connectivity index is 0.000000236. The number of hydrogen-bond acceptors (Lipinski definition) is 0. The van der Waals surface area contributed by atoms with Gasteiger partial charge in [-0.1, -0.05) is 45.7 Å². The molecule has 1 aromatic rings. The molecule has 1 aromatic carbocycles. The molecule has 0 N–H and O–H groups in total. The van der Waals surface area contributed by atoms with Crippen LogP contribution in [-0.4, -0.2) is 0 Å². The van der Waals surface area contributed by atoms with Crippen LogP contribution in [0.5, 0.6) is 0 Å². The summed E-state index contributed by atoms with van der Waals surface area (Å²) in [5, 5.41) is 0. The van der Waals surface area contributed by atoms with Gasteiger partial charge in [0, 0.05) is 0 Å². The molecule has 2 rings (SSSR count). The van der Waals surface area contributed by atoms with E-state index < -0.39 is 11.6 Å². The van der Waals surface area contributed by atoms with Crippen molar-refractivity contribution in [2.75, 3.05) is 0 Å². The maximum absolute atomic E-state index is 11.9. The first kappa shape index (κ1) is 13.1. The van der Waals surface area contributed by atoms with E-state index in [2.05, 4.69) is 6.92 Å². The summed E-state index contributed by atoms with van der Waals surface area (Å²) < 4.78 is 23.9. The van der Waals surface area contributed by atoms with Gasteiger partial charge in [0.25, 0.3) is 0 Å². The Morgan fingerprint density at radius 3 is 1.43 bits per heavy atom. The molecular formula is C12H18F2. The van der Waals surface area contributed by atoms with Gasteiger partial charge >= 0.3 is 0 Å². The van der Waals surface area contributed by atoms with Gasteiger partial charge in [0.05, 0.1) is 0 Å². The summed E-state index contributed by atoms with van der Waals surface area (Å²) in [6, 6.07) is 5.04. The predicted molar refractivity (Wildman–Crippen MR) is 56.1 cm³/mol. The second-order valence-corrected chi connectivity index (χ2v) is 3.10. The molecule has 0 heterocycles. The minimum absolute atomic E-state index is 0.799. The monoisotopic (exact) mass is 200 g/mol. The molecule has 80 valence electrons. The summed E-state index contributed by atoms with van der Waals surface area (Å²) in [5.41, 5.74) is 0. The highest BCUT2D eigenvalue weighted by Crippen LogP contribution is 2.26. The fourth-order valence-electron chi connectivity index (χ4n) is 0.606. The van der Waals surface area contributed by atoms with Crippen molar-refractivity contribution in [3.8, 4) is 0 Å². The number of hydrogen-bond donors (Lipinski definition) is 0. The van der Waals surface area contributed by atoms with Gasteiger partial charge in [0.2, 0.25) is 0 Å². The Morgan fingerprint density at radius 1 is 1.00 bits per heavy atom. The molecule has 1 saturated carbocycles. The molecule has 14 heavy (non-hydrogen) atoms. The van der Waals surface area contributed by atoms with Gasteiger partial charge in [-0.25, -0.2) is 8.78 Å². The molecule has 1 aliphatic carbocycles. The molecule has 0 spiro atoms. The molecule has 0 unspecified atom stereocenters. The van der Waals surface area contributed by atoms with Gasteiger partial charge in [-0.15, -0.1) is 0 Å². The number of halogens is 2. The molecule has 0 amide bonds. The van der Waals surface area contributed by atoms with Crippen LogP contribution in [0.3, 0.4) is 0 Å². The van der Waals surface area contributed by atoms with E-state index in [9.17, 15) is 8.78 Å². The van der Waals surface area contributed by atoms with Gasteiger partial charge in [-0.2, -0.15) is 0 Å². The van der Waals surface area contributed by atoms with Gasteiger partial charge < -0.3 is 0 Å². The van der Waals surface area contributed by atoms with Crippen molar-refractivity contribution in [1.82, 2.24) is 0 Å². The predicted octanol–water partition coefficient (Wildman–Crippen LogP) is 4.41. The molecule has 0 radical (unpaired) electrons. The zero-order chi connectivity index (χ0) is 11.0. The van der Waals surface area contributed by atoms with Gasteiger partial charge in [0.1, 0.15) is 0 Å². The summed E-state index contributed by atoms with van der Waals surface area (Å²) in [4.78, 5) is 0. The van der Waals surface area contributed by atoms with Crippen LogP contribution in [0.4, 0.5) is 8.78 Å². The van der Waals surface area contributed by atoms with Crippen LogP contribution in [0.1, 0.15) is 33.6 Å². The highest BCUT2D eigenvalue weighted by molar-refractivity contribution is 5.05. The molecule has 0 saturated heterocycles. The quantitative estimate of drug-likeness (QED) is 0.582. The van der Waals surface area contributed by atoms with Crippen LogP contribution in [0.2, 0.25) is 0 Å². The standard InChI is InChI=1S/C6H4F2.C4H8.C2H6/c7-5-3-1-2-4-6(5)8;1-4-2-3-4;1-2/h1-4H;4H,2-3H2,1H3;1-2H3. The number of benzene rings is 1. The smallest absolute Gasteiger partial charge is 0.158 e. The summed E-state index contributed by atoms with van der Waals surface area (Å²) in [6.07, 6.45) is 2.97. The first-order valence-electron chi connectivity index (χ1n) is 5.10. The average molecular weight is 200 g/mol. The average Bonchev–Trinajstić information content (AvgIpc) is 2.98. The van der Waals surface area contributed by atoms with Crippen molar-refractivity contribution in [2.24, 2.45) is 5.92 Å². The third kappa shape index (κ3) is 6.58. The Kier molecular flexibility index (Phi) is 6.99. The largest absolute Gasteiger partial charge is 0.204 e. The van der Waals surface area contributed by atoms with E-state index in [-0.39, 0.29) is 0 Å². The summed E-state index contributed by atoms with van der Waals surface area (Å²) in [7, 11) is 0. The molecule has 0 aromatic heterocycles. The van der Waals surface area contributed by atoms with E-state index >= 15 is 0 Å². The Hall–Kier alpha value is -0.920. The van der Waals surface area contributed by atoms with Crippen LogP contribution in [0.25, 0.3) is 0 Å². The Labute approximate surface area is 85.0 Å². The van der Waals surface area contributed by atoms with E-state index in [4.69, 9.17) is 0 Å². The fourth-order valence-corrected chi connectivity index (χ4v) is 0.606. The molecule has 1 fully saturated rings. The van der Waals surface area contributed by atoms with Crippen LogP contribution in [-0.2, 0) is 0 Å². The van der Waals surface area contributed by atoms with Crippen molar-refractivity contribution in [1.29, 1.82) is 0 Å². The highest BCUT2D eigenvalue weighted by Gasteiger charge is 2.12. The second-order valence-electron chi connectivity index (χ2n) is 3.10. The fraction of sp³-hybridized carbons (Fsp3) is 0.500. The van der Waals surface area contributed by atoms with Crippen LogP contribution >= 0.6 is 0 Å². The van der Waals surface area contributed by atoms with Crippen molar-refractivity contribution in [3.63, 3.8) is 0 Å². The maximum atomic E-state index is 11.9. The van der Waals surface area contributed by atoms with Crippen LogP contribution in [0, 0.1) is 17.6 Å². The zero-order valence-electron chi connectivity index (χ0n) is 9.06. The van der Waals surface area contributed by atoms with Crippen molar-refractivity contribution < 1.29 is 8.78 Å². The molecule has 0 nitrogen and oxygen atoms in total. The van der Waals surface area contributed by atoms with Gasteiger partial charge in [-0.05, 0) is 18.1 Å². The van der Waals surface area contributed by atoms with Gasteiger partial charge in [0.15, 0.2) is 11.6 Å². The lowest BCUT2D eigenvalue weighted by Gasteiger charge is -1.85. The van der Waals surface area contributed by atoms with Crippen molar-refractivity contribution in [2.45, 2.75) is 33.6 Å². The van der Waals surface area contributed by atoms with Gasteiger partial charge in [-0.3, -0.25) is 0 Å². The third-order valence-electron chi connectivity index (χ3n) is 1.69. The molecular weight excluding hydrogens is 182 g/mol. The first-order chi connectivity index (χ1) is 6.70. The third-order valence-corrected chi connectivity index (χ3v) is 1.69. The van der Waals surface area contributed by atoms with E-state index in [0.717, 1.165) is 18.1 Å². The second kappa shape index (κ2) is 7.48. The van der Waals surface area contributed by atoms with E-state index in [1.165, 1.54) is 25.0 Å². The molecule has 0 bridgehead atoms. The molecule has 0 aliphatic heterocycles. The lowest BCUT2D eigenvalue weighted by molar-refractivity contribution is 0.508. The normalized spacial score (nSPS) is 13.2. The molecule has 1 aliphatic rings. The minimum Gasteiger partial charge on any atom is -0.204 e. The maximum Gasteiger partial charge on any atom is 0.158 e. The lowest BCUT2D eigenvalue weighted by Crippen LogP contribution is -1.77. The number of rotatable bonds is 0. The summed E-state index contributed by atoms with van der Waals surface area (Å²) >= 11 is 0. The van der Waals surface area contributed by atoms with E-state index in [0.29, 0.717) is 0 Å².